The Morgan fingerprint density at radius 1 is 1.37 bits per heavy atom. The fourth-order valence-electron chi connectivity index (χ4n) is 6.79. The van der Waals surface area contributed by atoms with Gasteiger partial charge in [-0.2, -0.15) is 5.06 Å². The first kappa shape index (κ1) is 16.0. The molecule has 6 bridgehead atoms. The molecule has 5 fully saturated rings. The number of aliphatic imine (C=N–C) groups is 1. The molecule has 0 aromatic heterocycles. The van der Waals surface area contributed by atoms with E-state index in [4.69, 9.17) is 19.3 Å². The summed E-state index contributed by atoms with van der Waals surface area (Å²) in [4.78, 5) is 24.5. The summed E-state index contributed by atoms with van der Waals surface area (Å²) in [5, 5.41) is 2.10. The molecule has 2 saturated carbocycles. The lowest BCUT2D eigenvalue weighted by Gasteiger charge is -2.63. The number of hydrogen-bond acceptors (Lipinski definition) is 6. The van der Waals surface area contributed by atoms with Crippen molar-refractivity contribution in [2.75, 3.05) is 14.2 Å². The number of carbonyl (C=O) groups is 1. The smallest absolute Gasteiger partial charge is 0.310 e. The lowest BCUT2D eigenvalue weighted by Crippen LogP contribution is -2.75. The zero-order valence-corrected chi connectivity index (χ0v) is 15.6. The predicted molar refractivity (Wildman–Crippen MR) is 97.4 cm³/mol. The molecule has 4 heterocycles. The van der Waals surface area contributed by atoms with Crippen LogP contribution in [0.1, 0.15) is 18.9 Å². The highest BCUT2D eigenvalue weighted by Crippen LogP contribution is 2.69. The van der Waals surface area contributed by atoms with E-state index in [0.717, 1.165) is 23.4 Å². The van der Waals surface area contributed by atoms with Gasteiger partial charge in [-0.1, -0.05) is 29.8 Å². The highest BCUT2D eigenvalue weighted by molar-refractivity contribution is 6.10. The number of piperidine rings is 2. The van der Waals surface area contributed by atoms with E-state index in [1.54, 1.807) is 7.11 Å². The molecule has 27 heavy (non-hydrogen) atoms. The Hall–Kier alpha value is -2.02. The SMILES string of the molecule is CC=C1C2CC3C4=Nc5ccccc5C4(C2C(=O)OC)C2C(OC)ON3C12. The first-order valence-electron chi connectivity index (χ1n) is 9.58. The molecule has 0 N–H and O–H groups in total. The maximum atomic E-state index is 13.2. The summed E-state index contributed by atoms with van der Waals surface area (Å²) in [6.45, 7) is 2.06. The molecule has 0 amide bonds. The number of benzene rings is 1. The molecule has 8 unspecified atom stereocenters. The van der Waals surface area contributed by atoms with Gasteiger partial charge in [0, 0.05) is 13.0 Å². The Morgan fingerprint density at radius 2 is 2.19 bits per heavy atom. The maximum absolute atomic E-state index is 13.2. The lowest BCUT2D eigenvalue weighted by molar-refractivity contribution is -0.243. The van der Waals surface area contributed by atoms with Crippen LogP contribution in [0.15, 0.2) is 40.9 Å². The van der Waals surface area contributed by atoms with Crippen molar-refractivity contribution in [3.63, 3.8) is 0 Å². The fraction of sp³-hybridized carbons (Fsp3) is 0.524. The van der Waals surface area contributed by atoms with Crippen molar-refractivity contribution < 1.29 is 19.1 Å². The number of hydroxylamine groups is 2. The highest BCUT2D eigenvalue weighted by atomic mass is 16.8. The van der Waals surface area contributed by atoms with Gasteiger partial charge in [-0.25, -0.2) is 0 Å². The second-order valence-electron chi connectivity index (χ2n) is 8.07. The molecule has 1 aromatic rings. The number of carbonyl (C=O) groups excluding carboxylic acids is 1. The van der Waals surface area contributed by atoms with Crippen molar-refractivity contribution in [2.45, 2.75) is 37.1 Å². The molecule has 0 radical (unpaired) electrons. The van der Waals surface area contributed by atoms with E-state index < -0.39 is 11.7 Å². The number of methoxy groups -OCH3 is 2. The zero-order chi connectivity index (χ0) is 18.5. The molecule has 4 aliphatic heterocycles. The highest BCUT2D eigenvalue weighted by Gasteiger charge is 2.78. The van der Waals surface area contributed by atoms with Crippen molar-refractivity contribution in [1.29, 1.82) is 0 Å². The van der Waals surface area contributed by atoms with Crippen LogP contribution in [0.25, 0.3) is 0 Å². The van der Waals surface area contributed by atoms with Gasteiger partial charge in [-0.05, 0) is 30.9 Å². The average molecular weight is 366 g/mol. The summed E-state index contributed by atoms with van der Waals surface area (Å²) < 4.78 is 11.1. The van der Waals surface area contributed by atoms with Crippen molar-refractivity contribution in [3.05, 3.63) is 41.5 Å². The first-order chi connectivity index (χ1) is 13.2. The molecular weight excluding hydrogens is 344 g/mol. The van der Waals surface area contributed by atoms with E-state index >= 15 is 0 Å². The lowest BCUT2D eigenvalue weighted by atomic mass is 9.42. The van der Waals surface area contributed by atoms with Crippen LogP contribution in [0.3, 0.4) is 0 Å². The van der Waals surface area contributed by atoms with Gasteiger partial charge >= 0.3 is 5.97 Å². The third kappa shape index (κ3) is 1.53. The molecule has 8 atom stereocenters. The molecule has 1 aromatic carbocycles. The van der Waals surface area contributed by atoms with Gasteiger partial charge in [0.1, 0.15) is 0 Å². The molecule has 6 nitrogen and oxygen atoms in total. The van der Waals surface area contributed by atoms with E-state index in [9.17, 15) is 4.79 Å². The van der Waals surface area contributed by atoms with Gasteiger partial charge < -0.3 is 9.47 Å². The average Bonchev–Trinajstić information content (AvgIpc) is 3.23. The maximum Gasteiger partial charge on any atom is 0.310 e. The molecule has 3 saturated heterocycles. The summed E-state index contributed by atoms with van der Waals surface area (Å²) >= 11 is 0. The quantitative estimate of drug-likeness (QED) is 0.594. The van der Waals surface area contributed by atoms with E-state index in [1.165, 1.54) is 12.7 Å². The third-order valence-electron chi connectivity index (χ3n) is 7.46. The van der Waals surface area contributed by atoms with E-state index in [2.05, 4.69) is 24.1 Å². The second kappa shape index (κ2) is 5.07. The second-order valence-corrected chi connectivity index (χ2v) is 8.07. The summed E-state index contributed by atoms with van der Waals surface area (Å²) in [6, 6.07) is 8.42. The Labute approximate surface area is 157 Å². The summed E-state index contributed by atoms with van der Waals surface area (Å²) in [5.74, 6) is -0.326. The number of ether oxygens (including phenoxy) is 2. The normalized spacial score (nSPS) is 46.4. The number of rotatable bonds is 2. The first-order valence-corrected chi connectivity index (χ1v) is 9.58. The number of fused-ring (bicyclic) bond motifs is 1. The van der Waals surface area contributed by atoms with Crippen LogP contribution in [-0.2, 0) is 24.5 Å². The van der Waals surface area contributed by atoms with Crippen molar-refractivity contribution in [1.82, 2.24) is 5.06 Å². The van der Waals surface area contributed by atoms with Crippen LogP contribution in [0.5, 0.6) is 0 Å². The summed E-state index contributed by atoms with van der Waals surface area (Å²) in [7, 11) is 3.17. The molecule has 1 spiro atoms. The number of allylic oxidation sites excluding steroid dienone is 1. The van der Waals surface area contributed by atoms with Gasteiger partial charge in [-0.3, -0.25) is 14.6 Å². The largest absolute Gasteiger partial charge is 0.469 e. The van der Waals surface area contributed by atoms with Crippen LogP contribution in [0.4, 0.5) is 5.69 Å². The molecule has 7 rings (SSSR count). The van der Waals surface area contributed by atoms with Gasteiger partial charge in [0.05, 0.1) is 41.9 Å². The number of hydrogen-bond donors (Lipinski definition) is 0. The number of nitrogens with zero attached hydrogens (tertiary/aromatic N) is 2. The Bertz CT molecular complexity index is 925. The molecule has 140 valence electrons. The minimum atomic E-state index is -0.512. The van der Waals surface area contributed by atoms with E-state index in [1.807, 2.05) is 18.2 Å². The Morgan fingerprint density at radius 3 is 2.93 bits per heavy atom. The predicted octanol–water partition coefficient (Wildman–Crippen LogP) is 2.37. The number of para-hydroxylation sites is 1. The molecule has 6 heteroatoms. The summed E-state index contributed by atoms with van der Waals surface area (Å²) in [6.07, 6.45) is 2.59. The van der Waals surface area contributed by atoms with Gasteiger partial charge in [-0.15, -0.1) is 0 Å². The Kier molecular flexibility index (Phi) is 3.00. The van der Waals surface area contributed by atoms with Crippen molar-refractivity contribution >= 4 is 17.4 Å². The Balaban J connectivity index is 1.70. The third-order valence-corrected chi connectivity index (χ3v) is 7.46. The van der Waals surface area contributed by atoms with Crippen molar-refractivity contribution in [3.8, 4) is 0 Å². The van der Waals surface area contributed by atoms with Gasteiger partial charge in [0.25, 0.3) is 0 Å². The molecule has 6 aliphatic rings. The van der Waals surface area contributed by atoms with Crippen LogP contribution < -0.4 is 0 Å². The topological polar surface area (TPSA) is 60.4 Å². The van der Waals surface area contributed by atoms with E-state index in [0.29, 0.717) is 0 Å². The zero-order valence-electron chi connectivity index (χ0n) is 15.6. The standard InChI is InChI=1S/C21H22N2O4/c1-4-10-11-9-14-18-21(15(11)19(24)25-2,12-7-5-6-8-13(12)22-18)16-17(10)23(14)27-20(16)26-3/h4-8,11,14-17,20H,9H2,1-3H3. The molecular formula is C21H22N2O4. The minimum absolute atomic E-state index is 0.0204. The summed E-state index contributed by atoms with van der Waals surface area (Å²) in [5.41, 5.74) is 3.93. The minimum Gasteiger partial charge on any atom is -0.469 e. The van der Waals surface area contributed by atoms with Crippen LogP contribution in [0.2, 0.25) is 0 Å². The fourth-order valence-corrected chi connectivity index (χ4v) is 6.79. The van der Waals surface area contributed by atoms with Gasteiger partial charge in [0.2, 0.25) is 0 Å². The van der Waals surface area contributed by atoms with Gasteiger partial charge in [0.15, 0.2) is 6.29 Å². The number of esters is 1. The van der Waals surface area contributed by atoms with Crippen LogP contribution >= 0.6 is 0 Å². The monoisotopic (exact) mass is 366 g/mol. The van der Waals surface area contributed by atoms with Crippen LogP contribution in [-0.4, -0.2) is 49.3 Å². The van der Waals surface area contributed by atoms with Crippen LogP contribution in [0, 0.1) is 17.8 Å². The molecule has 2 aliphatic carbocycles. The van der Waals surface area contributed by atoms with Crippen molar-refractivity contribution in [2.24, 2.45) is 22.7 Å². The van der Waals surface area contributed by atoms with E-state index in [-0.39, 0.29) is 35.8 Å².